The van der Waals surface area contributed by atoms with Crippen molar-refractivity contribution in [2.45, 2.75) is 62.1 Å². The zero-order chi connectivity index (χ0) is 35.4. The van der Waals surface area contributed by atoms with E-state index < -0.39 is 29.7 Å². The van der Waals surface area contributed by atoms with E-state index in [1.165, 1.54) is 15.8 Å². The molecule has 3 fully saturated rings. The van der Waals surface area contributed by atoms with Crippen LogP contribution < -0.4 is 20.1 Å². The Bertz CT molecular complexity index is 2200. The SMILES string of the molecule is O=C1CCC(N2C(=O)c3ccc(N[C@H]4C[C@H](Oc5ccc(C6(c7ccc(Oc8ccc(-n9ccnn9)nn8)cc7)CC6)cc5)C4)cc3C2=O)C(=O)N1. The Morgan fingerprint density at radius 2 is 1.54 bits per heavy atom. The molecule has 0 spiro atoms. The van der Waals surface area contributed by atoms with E-state index in [1.54, 1.807) is 42.7 Å². The van der Waals surface area contributed by atoms with E-state index in [2.05, 4.69) is 55.4 Å². The van der Waals surface area contributed by atoms with Gasteiger partial charge in [-0.2, -0.15) is 0 Å². The van der Waals surface area contributed by atoms with Crippen LogP contribution in [0.3, 0.4) is 0 Å². The minimum Gasteiger partial charge on any atom is -0.490 e. The molecule has 1 unspecified atom stereocenters. The summed E-state index contributed by atoms with van der Waals surface area (Å²) < 4.78 is 13.7. The number of nitrogens with zero attached hydrogens (tertiary/aromatic N) is 6. The van der Waals surface area contributed by atoms with Crippen molar-refractivity contribution in [3.8, 4) is 23.2 Å². The number of nitrogens with one attached hydrogen (secondary N) is 2. The van der Waals surface area contributed by atoms with E-state index >= 15 is 0 Å². The maximum Gasteiger partial charge on any atom is 0.262 e. The largest absolute Gasteiger partial charge is 0.490 e. The summed E-state index contributed by atoms with van der Waals surface area (Å²) in [5, 5.41) is 21.6. The number of amides is 4. The fraction of sp³-hybridized carbons (Fsp3) is 0.263. The summed E-state index contributed by atoms with van der Waals surface area (Å²) in [6.07, 6.45) is 7.22. The highest BCUT2D eigenvalue weighted by Crippen LogP contribution is 2.54. The number of fused-ring (bicyclic) bond motifs is 1. The van der Waals surface area contributed by atoms with E-state index in [4.69, 9.17) is 9.47 Å². The van der Waals surface area contributed by atoms with Crippen molar-refractivity contribution in [1.82, 2.24) is 35.4 Å². The Morgan fingerprint density at radius 3 is 2.19 bits per heavy atom. The Hall–Kier alpha value is -6.44. The topological polar surface area (TPSA) is 171 Å². The van der Waals surface area contributed by atoms with Crippen molar-refractivity contribution in [2.24, 2.45) is 0 Å². The van der Waals surface area contributed by atoms with Crippen LogP contribution in [0.25, 0.3) is 5.82 Å². The summed E-state index contributed by atoms with van der Waals surface area (Å²) in [6, 6.07) is 24.2. The first-order valence-electron chi connectivity index (χ1n) is 17.2. The van der Waals surface area contributed by atoms with Gasteiger partial charge in [0.05, 0.1) is 23.5 Å². The van der Waals surface area contributed by atoms with Gasteiger partial charge < -0.3 is 14.8 Å². The molecular formula is C38H32N8O6. The van der Waals surface area contributed by atoms with Crippen molar-refractivity contribution in [1.29, 1.82) is 0 Å². The molecule has 1 atom stereocenters. The number of piperidine rings is 1. The zero-order valence-corrected chi connectivity index (χ0v) is 27.8. The van der Waals surface area contributed by atoms with Gasteiger partial charge in [-0.1, -0.05) is 29.5 Å². The number of hydrogen-bond acceptors (Lipinski definition) is 11. The quantitative estimate of drug-likeness (QED) is 0.199. The summed E-state index contributed by atoms with van der Waals surface area (Å²) in [5.41, 5.74) is 3.69. The van der Waals surface area contributed by atoms with Gasteiger partial charge in [0, 0.05) is 42.5 Å². The van der Waals surface area contributed by atoms with Gasteiger partial charge in [-0.25, -0.2) is 4.68 Å². The number of carbonyl (C=O) groups is 4. The minimum absolute atomic E-state index is 0.0252. The lowest BCUT2D eigenvalue weighted by Crippen LogP contribution is -2.54. The average Bonchev–Trinajstić information content (AvgIpc) is 3.68. The first kappa shape index (κ1) is 31.5. The van der Waals surface area contributed by atoms with E-state index in [1.807, 2.05) is 24.3 Å². The Labute approximate surface area is 297 Å². The number of rotatable bonds is 10. The molecule has 4 aliphatic rings. The van der Waals surface area contributed by atoms with E-state index in [0.29, 0.717) is 17.4 Å². The van der Waals surface area contributed by atoms with Crippen molar-refractivity contribution < 1.29 is 28.7 Å². The van der Waals surface area contributed by atoms with Gasteiger partial charge in [-0.3, -0.25) is 29.4 Å². The minimum atomic E-state index is -0.985. The molecule has 2 aliphatic carbocycles. The molecule has 5 aromatic rings. The molecule has 2 saturated carbocycles. The average molecular weight is 697 g/mol. The van der Waals surface area contributed by atoms with Crippen LogP contribution in [0.1, 0.15) is 70.4 Å². The molecule has 14 heteroatoms. The fourth-order valence-corrected chi connectivity index (χ4v) is 7.27. The number of benzene rings is 3. The lowest BCUT2D eigenvalue weighted by molar-refractivity contribution is -0.136. The van der Waals surface area contributed by atoms with Gasteiger partial charge in [-0.05, 0) is 78.9 Å². The molecule has 4 amide bonds. The van der Waals surface area contributed by atoms with Gasteiger partial charge in [0.1, 0.15) is 23.6 Å². The third kappa shape index (κ3) is 5.71. The standard InChI is InChI=1S/C38H32N8O6/c47-33-13-11-31(35(48)41-33)46-36(49)29-10-5-24(21-30(29)37(46)50)40-25-19-28(20-25)51-26-6-1-22(2-7-26)38(15-16-38)23-3-8-27(9-4-23)52-34-14-12-32(42-43-34)45-18-17-39-44-45/h1-10,12,14,17-18,21,25,28,31,40H,11,13,15-16,19-20H2,(H,41,47,48)/t25-,28-,31?. The number of hydrogen-bond donors (Lipinski definition) is 2. The Balaban J connectivity index is 0.775. The van der Waals surface area contributed by atoms with Crippen LogP contribution in [0.2, 0.25) is 0 Å². The third-order valence-corrected chi connectivity index (χ3v) is 10.3. The highest BCUT2D eigenvalue weighted by atomic mass is 16.5. The summed E-state index contributed by atoms with van der Waals surface area (Å²) in [5.74, 6) is 0.376. The molecule has 9 rings (SSSR count). The summed E-state index contributed by atoms with van der Waals surface area (Å²) in [4.78, 5) is 51.1. The molecule has 4 heterocycles. The second-order valence-corrected chi connectivity index (χ2v) is 13.6. The summed E-state index contributed by atoms with van der Waals surface area (Å²) in [7, 11) is 0. The van der Waals surface area contributed by atoms with Crippen LogP contribution in [0.5, 0.6) is 17.4 Å². The molecule has 1 saturated heterocycles. The molecule has 260 valence electrons. The molecule has 0 radical (unpaired) electrons. The third-order valence-electron chi connectivity index (χ3n) is 10.3. The molecule has 3 aromatic carbocycles. The predicted octanol–water partition coefficient (Wildman–Crippen LogP) is 4.35. The lowest BCUT2D eigenvalue weighted by Gasteiger charge is -2.36. The summed E-state index contributed by atoms with van der Waals surface area (Å²) in [6.45, 7) is 0. The van der Waals surface area contributed by atoms with E-state index in [0.717, 1.165) is 42.0 Å². The van der Waals surface area contributed by atoms with Gasteiger partial charge >= 0.3 is 0 Å². The van der Waals surface area contributed by atoms with Crippen LogP contribution >= 0.6 is 0 Å². The Kier molecular flexibility index (Phi) is 7.52. The van der Waals surface area contributed by atoms with Gasteiger partial charge in [0.25, 0.3) is 11.8 Å². The second kappa shape index (κ2) is 12.4. The molecule has 52 heavy (non-hydrogen) atoms. The number of carbonyl (C=O) groups excluding carboxylic acids is 4. The van der Waals surface area contributed by atoms with Crippen molar-refractivity contribution in [3.05, 3.63) is 114 Å². The van der Waals surface area contributed by atoms with Gasteiger partial charge in [0.2, 0.25) is 17.7 Å². The van der Waals surface area contributed by atoms with Crippen LogP contribution in [0, 0.1) is 0 Å². The predicted molar refractivity (Wildman–Crippen MR) is 184 cm³/mol. The smallest absolute Gasteiger partial charge is 0.262 e. The fourth-order valence-electron chi connectivity index (χ4n) is 7.27. The highest BCUT2D eigenvalue weighted by Gasteiger charge is 2.46. The molecular weight excluding hydrogens is 664 g/mol. The first-order chi connectivity index (χ1) is 25.3. The number of ether oxygens (including phenoxy) is 2. The molecule has 2 aromatic heterocycles. The zero-order valence-electron chi connectivity index (χ0n) is 27.8. The monoisotopic (exact) mass is 696 g/mol. The molecule has 0 bridgehead atoms. The van der Waals surface area contributed by atoms with Crippen molar-refractivity contribution >= 4 is 29.3 Å². The normalized spacial score (nSPS) is 21.6. The van der Waals surface area contributed by atoms with Crippen molar-refractivity contribution in [3.63, 3.8) is 0 Å². The van der Waals surface area contributed by atoms with Crippen LogP contribution in [0.15, 0.2) is 91.3 Å². The number of aromatic nitrogens is 5. The van der Waals surface area contributed by atoms with Crippen molar-refractivity contribution in [2.75, 3.05) is 5.32 Å². The highest BCUT2D eigenvalue weighted by molar-refractivity contribution is 6.23. The maximum absolute atomic E-state index is 13.2. The second-order valence-electron chi connectivity index (χ2n) is 13.6. The van der Waals surface area contributed by atoms with E-state index in [9.17, 15) is 19.2 Å². The van der Waals surface area contributed by atoms with Crippen LogP contribution in [-0.2, 0) is 15.0 Å². The van der Waals surface area contributed by atoms with Crippen LogP contribution in [-0.4, -0.2) is 71.9 Å². The van der Waals surface area contributed by atoms with E-state index in [-0.39, 0.29) is 41.5 Å². The molecule has 14 nitrogen and oxygen atoms in total. The number of imide groups is 2. The summed E-state index contributed by atoms with van der Waals surface area (Å²) >= 11 is 0. The lowest BCUT2D eigenvalue weighted by atomic mass is 9.87. The molecule has 2 N–H and O–H groups in total. The maximum atomic E-state index is 13.2. The Morgan fingerprint density at radius 1 is 0.808 bits per heavy atom. The first-order valence-corrected chi connectivity index (χ1v) is 17.2. The van der Waals surface area contributed by atoms with Crippen LogP contribution in [0.4, 0.5) is 5.69 Å². The molecule has 2 aliphatic heterocycles. The number of anilines is 1. The van der Waals surface area contributed by atoms with Gasteiger partial charge in [0.15, 0.2) is 5.82 Å². The van der Waals surface area contributed by atoms with Gasteiger partial charge in [-0.15, -0.1) is 15.3 Å².